The van der Waals surface area contributed by atoms with Crippen molar-refractivity contribution in [2.75, 3.05) is 20.1 Å². The van der Waals surface area contributed by atoms with E-state index in [4.69, 9.17) is 0 Å². The zero-order chi connectivity index (χ0) is 9.68. The smallest absolute Gasteiger partial charge is 0.296 e. The highest BCUT2D eigenvalue weighted by atomic mass is 32.1. The molecule has 1 saturated heterocycles. The Labute approximate surface area is 83.8 Å². The Morgan fingerprint density at radius 3 is 2.77 bits per heavy atom. The van der Waals surface area contributed by atoms with Crippen LogP contribution in [0.15, 0.2) is 5.10 Å². The molecule has 0 spiro atoms. The molecule has 0 radical (unpaired) electrons. The first-order valence-electron chi connectivity index (χ1n) is 4.39. The minimum absolute atomic E-state index is 0.413. The molecule has 1 aliphatic rings. The van der Waals surface area contributed by atoms with Crippen molar-refractivity contribution in [1.82, 2.24) is 10.3 Å². The second-order valence-corrected chi connectivity index (χ2v) is 3.74. The van der Waals surface area contributed by atoms with Crippen LogP contribution in [0.25, 0.3) is 0 Å². The zero-order valence-electron chi connectivity index (χ0n) is 7.73. The maximum atomic E-state index is 10.4. The van der Waals surface area contributed by atoms with Gasteiger partial charge in [0.25, 0.3) is 5.24 Å². The number of amides is 1. The first-order chi connectivity index (χ1) is 6.18. The first kappa shape index (κ1) is 10.5. The standard InChI is InChI=1S/C8H15N3OS/c1-11-4-2-7(3-5-11)6-9-10-8(12)13/h6-7H,2-5H2,1H3,(H2,10,12,13)/b9-6+. The summed E-state index contributed by atoms with van der Waals surface area (Å²) in [5.74, 6) is 0.497. The number of nitrogens with zero attached hydrogens (tertiary/aromatic N) is 2. The third kappa shape index (κ3) is 4.28. The minimum Gasteiger partial charge on any atom is -0.306 e. The quantitative estimate of drug-likeness (QED) is 0.397. The molecule has 1 N–H and O–H groups in total. The molecule has 74 valence electrons. The number of carbonyl (C=O) groups excluding carboxylic acids is 1. The predicted octanol–water partition coefficient (Wildman–Crippen LogP) is 0.953. The Balaban J connectivity index is 2.22. The fourth-order valence-electron chi connectivity index (χ4n) is 1.38. The summed E-state index contributed by atoms with van der Waals surface area (Å²) in [5, 5.41) is 3.39. The lowest BCUT2D eigenvalue weighted by Crippen LogP contribution is -2.31. The summed E-state index contributed by atoms with van der Waals surface area (Å²) in [6.07, 6.45) is 4.03. The molecule has 0 aliphatic carbocycles. The summed E-state index contributed by atoms with van der Waals surface area (Å²) in [7, 11) is 2.11. The Morgan fingerprint density at radius 2 is 2.23 bits per heavy atom. The lowest BCUT2D eigenvalue weighted by Gasteiger charge is -2.26. The second kappa shape index (κ2) is 5.24. The Morgan fingerprint density at radius 1 is 1.62 bits per heavy atom. The summed E-state index contributed by atoms with van der Waals surface area (Å²) in [5.41, 5.74) is 2.29. The molecule has 1 aliphatic heterocycles. The normalized spacial score (nSPS) is 20.8. The van der Waals surface area contributed by atoms with E-state index in [1.165, 1.54) is 0 Å². The molecule has 1 heterocycles. The van der Waals surface area contributed by atoms with Gasteiger partial charge in [0.1, 0.15) is 0 Å². The SMILES string of the molecule is CN1CCC(/C=N/NC(=O)S)CC1. The largest absolute Gasteiger partial charge is 0.306 e. The fourth-order valence-corrected chi connectivity index (χ4v) is 1.43. The molecule has 5 heteroatoms. The van der Waals surface area contributed by atoms with Crippen molar-refractivity contribution >= 4 is 24.1 Å². The average molecular weight is 201 g/mol. The topological polar surface area (TPSA) is 44.7 Å². The molecule has 1 rings (SSSR count). The monoisotopic (exact) mass is 201 g/mol. The Kier molecular flexibility index (Phi) is 4.24. The van der Waals surface area contributed by atoms with Gasteiger partial charge >= 0.3 is 0 Å². The van der Waals surface area contributed by atoms with Gasteiger partial charge in [0.05, 0.1) is 0 Å². The number of piperidine rings is 1. The van der Waals surface area contributed by atoms with Gasteiger partial charge in [-0.15, -0.1) is 0 Å². The van der Waals surface area contributed by atoms with Crippen LogP contribution >= 0.6 is 12.6 Å². The summed E-state index contributed by atoms with van der Waals surface area (Å²) >= 11 is 3.54. The molecule has 0 aromatic rings. The number of likely N-dealkylation sites (tertiary alicyclic amines) is 1. The van der Waals surface area contributed by atoms with Gasteiger partial charge in [-0.3, -0.25) is 4.79 Å². The summed E-state index contributed by atoms with van der Waals surface area (Å²) in [6, 6.07) is 0. The van der Waals surface area contributed by atoms with Crippen molar-refractivity contribution in [2.24, 2.45) is 11.0 Å². The number of hydrazone groups is 1. The van der Waals surface area contributed by atoms with Crippen LogP contribution in [0.1, 0.15) is 12.8 Å². The number of carbonyl (C=O) groups is 1. The molecule has 4 nitrogen and oxygen atoms in total. The van der Waals surface area contributed by atoms with Crippen LogP contribution in [0.4, 0.5) is 4.79 Å². The number of hydrogen-bond donors (Lipinski definition) is 2. The van der Waals surface area contributed by atoms with E-state index < -0.39 is 5.24 Å². The molecule has 1 fully saturated rings. The lowest BCUT2D eigenvalue weighted by molar-refractivity contribution is 0.253. The van der Waals surface area contributed by atoms with Crippen LogP contribution in [-0.4, -0.2) is 36.5 Å². The van der Waals surface area contributed by atoms with E-state index in [1.807, 2.05) is 0 Å². The van der Waals surface area contributed by atoms with Gasteiger partial charge < -0.3 is 4.90 Å². The Bertz CT molecular complexity index is 200. The summed E-state index contributed by atoms with van der Waals surface area (Å²) < 4.78 is 0. The maximum absolute atomic E-state index is 10.4. The van der Waals surface area contributed by atoms with Crippen molar-refractivity contribution in [3.05, 3.63) is 0 Å². The highest BCUT2D eigenvalue weighted by Crippen LogP contribution is 2.13. The average Bonchev–Trinajstić information content (AvgIpc) is 2.08. The van der Waals surface area contributed by atoms with E-state index in [0.29, 0.717) is 5.92 Å². The van der Waals surface area contributed by atoms with Gasteiger partial charge in [-0.25, -0.2) is 5.43 Å². The van der Waals surface area contributed by atoms with Crippen LogP contribution in [0.5, 0.6) is 0 Å². The molecule has 0 saturated carbocycles. The first-order valence-corrected chi connectivity index (χ1v) is 4.84. The second-order valence-electron chi connectivity index (χ2n) is 3.34. The van der Waals surface area contributed by atoms with Crippen LogP contribution in [0.2, 0.25) is 0 Å². The molecule has 0 aromatic heterocycles. The number of rotatable bonds is 2. The number of nitrogens with one attached hydrogen (secondary N) is 1. The predicted molar refractivity (Wildman–Crippen MR) is 56.2 cm³/mol. The highest BCUT2D eigenvalue weighted by molar-refractivity contribution is 7.96. The molecule has 0 unspecified atom stereocenters. The van der Waals surface area contributed by atoms with Crippen LogP contribution in [0.3, 0.4) is 0 Å². The van der Waals surface area contributed by atoms with Crippen molar-refractivity contribution in [2.45, 2.75) is 12.8 Å². The van der Waals surface area contributed by atoms with Gasteiger partial charge in [-0.2, -0.15) is 5.10 Å². The van der Waals surface area contributed by atoms with Gasteiger partial charge in [0, 0.05) is 6.21 Å². The van der Waals surface area contributed by atoms with E-state index in [0.717, 1.165) is 25.9 Å². The molecule has 1 amide bonds. The van der Waals surface area contributed by atoms with Gasteiger partial charge in [-0.1, -0.05) is 12.6 Å². The molecule has 13 heavy (non-hydrogen) atoms. The maximum Gasteiger partial charge on any atom is 0.296 e. The van der Waals surface area contributed by atoms with E-state index in [9.17, 15) is 4.79 Å². The van der Waals surface area contributed by atoms with Gasteiger partial charge in [-0.05, 0) is 38.9 Å². The van der Waals surface area contributed by atoms with Crippen molar-refractivity contribution < 1.29 is 4.79 Å². The summed E-state index contributed by atoms with van der Waals surface area (Å²) in [4.78, 5) is 12.7. The van der Waals surface area contributed by atoms with E-state index in [-0.39, 0.29) is 0 Å². The number of thiol groups is 1. The Hall–Kier alpha value is -0.550. The van der Waals surface area contributed by atoms with Crippen molar-refractivity contribution in [3.63, 3.8) is 0 Å². The molecular formula is C8H15N3OS. The van der Waals surface area contributed by atoms with E-state index in [2.05, 4.69) is 35.1 Å². The van der Waals surface area contributed by atoms with Gasteiger partial charge in [0.2, 0.25) is 0 Å². The molecular weight excluding hydrogens is 186 g/mol. The van der Waals surface area contributed by atoms with Crippen LogP contribution < -0.4 is 5.43 Å². The van der Waals surface area contributed by atoms with E-state index >= 15 is 0 Å². The molecule has 0 atom stereocenters. The minimum atomic E-state index is -0.413. The number of hydrogen-bond acceptors (Lipinski definition) is 3. The van der Waals surface area contributed by atoms with Gasteiger partial charge in [0.15, 0.2) is 0 Å². The summed E-state index contributed by atoms with van der Waals surface area (Å²) in [6.45, 7) is 2.21. The van der Waals surface area contributed by atoms with Crippen LogP contribution in [0, 0.1) is 5.92 Å². The van der Waals surface area contributed by atoms with Crippen LogP contribution in [-0.2, 0) is 0 Å². The third-order valence-electron chi connectivity index (χ3n) is 2.21. The highest BCUT2D eigenvalue weighted by Gasteiger charge is 2.14. The molecule has 0 aromatic carbocycles. The third-order valence-corrected chi connectivity index (χ3v) is 2.31. The van der Waals surface area contributed by atoms with Crippen molar-refractivity contribution in [3.8, 4) is 0 Å². The molecule has 0 bridgehead atoms. The van der Waals surface area contributed by atoms with Crippen molar-refractivity contribution in [1.29, 1.82) is 0 Å². The zero-order valence-corrected chi connectivity index (χ0v) is 8.63. The van der Waals surface area contributed by atoms with E-state index in [1.54, 1.807) is 6.21 Å². The fraction of sp³-hybridized carbons (Fsp3) is 0.750. The lowest BCUT2D eigenvalue weighted by atomic mass is 9.99.